The lowest BCUT2D eigenvalue weighted by atomic mass is 10.1. The van der Waals surface area contributed by atoms with Crippen LogP contribution < -0.4 is 0 Å². The van der Waals surface area contributed by atoms with Gasteiger partial charge >= 0.3 is 5.97 Å². The Bertz CT molecular complexity index is 963. The van der Waals surface area contributed by atoms with Gasteiger partial charge in [0, 0.05) is 17.2 Å². The summed E-state index contributed by atoms with van der Waals surface area (Å²) >= 11 is 3.00. The smallest absolute Gasteiger partial charge is 0.352 e. The number of hydrogen-bond donors (Lipinski definition) is 2. The molecule has 1 fully saturated rings. The Morgan fingerprint density at radius 2 is 2.22 bits per heavy atom. The number of thioether (sulfide) groups is 2. The molecule has 4 heterocycles. The maximum Gasteiger partial charge on any atom is 0.352 e. The van der Waals surface area contributed by atoms with E-state index in [1.165, 1.54) is 21.2 Å². The highest BCUT2D eigenvalue weighted by atomic mass is 35.5. The topological polar surface area (TPSA) is 121 Å². The number of rotatable bonds is 5. The van der Waals surface area contributed by atoms with Crippen LogP contribution in [0.2, 0.25) is 0 Å². The first-order valence-electron chi connectivity index (χ1n) is 7.84. The summed E-state index contributed by atoms with van der Waals surface area (Å²) in [5.74, 6) is 0.442. The zero-order valence-corrected chi connectivity index (χ0v) is 16.6. The van der Waals surface area contributed by atoms with Crippen molar-refractivity contribution in [3.8, 4) is 0 Å². The lowest BCUT2D eigenvalue weighted by molar-refractivity contribution is -0.146. The van der Waals surface area contributed by atoms with E-state index in [0.29, 0.717) is 29.3 Å². The minimum Gasteiger partial charge on any atom is -0.477 e. The first kappa shape index (κ1) is 19.9. The third-order valence-electron chi connectivity index (χ3n) is 4.12. The Morgan fingerprint density at radius 1 is 1.44 bits per heavy atom. The molecule has 12 heteroatoms. The first-order chi connectivity index (χ1) is 12.5. The van der Waals surface area contributed by atoms with Gasteiger partial charge in [0.25, 0.3) is 5.78 Å². The number of carboxylic acid groups (broad SMARTS) is 1. The highest BCUT2D eigenvalue weighted by molar-refractivity contribution is 8.01. The van der Waals surface area contributed by atoms with Crippen LogP contribution in [-0.4, -0.2) is 63.5 Å². The number of fused-ring (bicyclic) bond motifs is 2. The van der Waals surface area contributed by atoms with E-state index in [9.17, 15) is 19.8 Å². The number of carboxylic acids is 1. The number of hydrogen-bond acceptors (Lipinski definition) is 8. The Labute approximate surface area is 168 Å². The number of amides is 1. The quantitative estimate of drug-likeness (QED) is 0.408. The molecule has 2 N–H and O–H groups in total. The molecule has 2 aromatic rings. The Morgan fingerprint density at radius 3 is 2.89 bits per heavy atom. The van der Waals surface area contributed by atoms with Crippen LogP contribution in [0.3, 0.4) is 0 Å². The monoisotopic (exact) mass is 429 g/mol. The molecular weight excluding hydrogens is 414 g/mol. The van der Waals surface area contributed by atoms with Crippen LogP contribution in [0.5, 0.6) is 0 Å². The van der Waals surface area contributed by atoms with Gasteiger partial charge in [0.05, 0.1) is 11.8 Å². The second kappa shape index (κ2) is 7.66. The Kier molecular flexibility index (Phi) is 5.65. The van der Waals surface area contributed by atoms with E-state index in [1.807, 2.05) is 13.0 Å². The van der Waals surface area contributed by atoms with Crippen molar-refractivity contribution in [2.45, 2.75) is 30.4 Å². The van der Waals surface area contributed by atoms with Crippen molar-refractivity contribution in [3.05, 3.63) is 28.9 Å². The minimum atomic E-state index is -1.07. The van der Waals surface area contributed by atoms with Crippen LogP contribution in [-0.2, 0) is 16.2 Å². The van der Waals surface area contributed by atoms with Crippen molar-refractivity contribution in [3.63, 3.8) is 0 Å². The number of aliphatic hydroxyl groups is 1. The second-order valence-electron chi connectivity index (χ2n) is 5.91. The molecular formula is C15H16ClN5O4S2. The van der Waals surface area contributed by atoms with Gasteiger partial charge in [0.2, 0.25) is 5.91 Å². The molecule has 0 bridgehead atoms. The number of halogens is 1. The van der Waals surface area contributed by atoms with Crippen LogP contribution in [0.15, 0.2) is 22.4 Å². The maximum absolute atomic E-state index is 11.8. The number of β-lactam (4-membered cyclic amide) rings is 1. The molecule has 144 valence electrons. The van der Waals surface area contributed by atoms with Crippen molar-refractivity contribution < 1.29 is 19.8 Å². The van der Waals surface area contributed by atoms with Crippen LogP contribution >= 0.6 is 35.9 Å². The standard InChI is InChI=1S/C15H15N5O4S2.ClH/c1-7-2-12(20-15(16-7)17-9(4-21)18-20)26-6-8-5-25-11-3-10(22)19(11)13(8)14(23)24;/h2,11,21H,3-6H2,1H3,(H,23,24);1H/t11-;/m0./s1. The van der Waals surface area contributed by atoms with Gasteiger partial charge in [-0.2, -0.15) is 9.50 Å². The van der Waals surface area contributed by atoms with Crippen molar-refractivity contribution in [2.75, 3.05) is 11.5 Å². The van der Waals surface area contributed by atoms with E-state index in [1.54, 1.807) is 11.8 Å². The lowest BCUT2D eigenvalue weighted by Crippen LogP contribution is -2.54. The van der Waals surface area contributed by atoms with Gasteiger partial charge in [-0.3, -0.25) is 9.69 Å². The predicted octanol–water partition coefficient (Wildman–Crippen LogP) is 1.08. The minimum absolute atomic E-state index is 0. The third-order valence-corrected chi connectivity index (χ3v) is 6.48. The van der Waals surface area contributed by atoms with E-state index in [0.717, 1.165) is 10.7 Å². The van der Waals surface area contributed by atoms with E-state index in [4.69, 9.17) is 0 Å². The molecule has 2 aliphatic heterocycles. The summed E-state index contributed by atoms with van der Waals surface area (Å²) in [7, 11) is 0. The zero-order valence-electron chi connectivity index (χ0n) is 14.2. The molecule has 9 nitrogen and oxygen atoms in total. The molecule has 2 aliphatic rings. The third kappa shape index (κ3) is 3.51. The van der Waals surface area contributed by atoms with Crippen LogP contribution in [0.25, 0.3) is 5.78 Å². The molecule has 1 atom stereocenters. The van der Waals surface area contributed by atoms with Gasteiger partial charge in [-0.25, -0.2) is 9.78 Å². The average Bonchev–Trinajstić information content (AvgIpc) is 3.01. The second-order valence-corrected chi connectivity index (χ2v) is 8.08. The van der Waals surface area contributed by atoms with Gasteiger partial charge in [-0.1, -0.05) is 0 Å². The Balaban J connectivity index is 0.00000210. The molecule has 0 unspecified atom stereocenters. The first-order valence-corrected chi connectivity index (χ1v) is 9.87. The highest BCUT2D eigenvalue weighted by Crippen LogP contribution is 2.41. The van der Waals surface area contributed by atoms with Crippen LogP contribution in [0, 0.1) is 6.92 Å². The van der Waals surface area contributed by atoms with E-state index in [2.05, 4.69) is 15.1 Å². The maximum atomic E-state index is 11.8. The molecule has 4 rings (SSSR count). The summed E-state index contributed by atoms with van der Waals surface area (Å²) in [6, 6.07) is 1.84. The van der Waals surface area contributed by atoms with Gasteiger partial charge in [-0.05, 0) is 18.6 Å². The largest absolute Gasteiger partial charge is 0.477 e. The lowest BCUT2D eigenvalue weighted by Gasteiger charge is -2.44. The predicted molar refractivity (Wildman–Crippen MR) is 102 cm³/mol. The van der Waals surface area contributed by atoms with Crippen LogP contribution in [0.4, 0.5) is 0 Å². The van der Waals surface area contributed by atoms with Crippen molar-refractivity contribution in [1.29, 1.82) is 0 Å². The van der Waals surface area contributed by atoms with Gasteiger partial charge in [-0.15, -0.1) is 41.0 Å². The van der Waals surface area contributed by atoms with Gasteiger partial charge in [0.15, 0.2) is 5.82 Å². The number of aryl methyl sites for hydroxylation is 1. The van der Waals surface area contributed by atoms with Gasteiger partial charge in [0.1, 0.15) is 17.3 Å². The number of carbonyl (C=O) groups is 2. The van der Waals surface area contributed by atoms with E-state index < -0.39 is 5.97 Å². The van der Waals surface area contributed by atoms with Gasteiger partial charge < -0.3 is 10.2 Å². The zero-order chi connectivity index (χ0) is 18.4. The number of aliphatic carboxylic acids is 1. The number of nitrogens with zero attached hydrogens (tertiary/aromatic N) is 5. The molecule has 0 saturated carbocycles. The molecule has 0 radical (unpaired) electrons. The Hall–Kier alpha value is -1.82. The fourth-order valence-corrected chi connectivity index (χ4v) is 5.37. The molecule has 1 amide bonds. The van der Waals surface area contributed by atoms with Crippen molar-refractivity contribution in [1.82, 2.24) is 24.5 Å². The van der Waals surface area contributed by atoms with Crippen molar-refractivity contribution >= 4 is 53.6 Å². The van der Waals surface area contributed by atoms with E-state index >= 15 is 0 Å². The van der Waals surface area contributed by atoms with Crippen LogP contribution in [0.1, 0.15) is 17.9 Å². The SMILES string of the molecule is Cc1cc(SCC2=C(C(=O)O)N3C(=O)C[C@@H]3SC2)n2nc(CO)nc2n1.Cl. The molecule has 1 saturated heterocycles. The normalized spacial score (nSPS) is 19.0. The number of aliphatic hydroxyl groups excluding tert-OH is 1. The summed E-state index contributed by atoms with van der Waals surface area (Å²) in [4.78, 5) is 33.3. The number of aromatic nitrogens is 4. The summed E-state index contributed by atoms with van der Waals surface area (Å²) in [5, 5.41) is 23.7. The molecule has 0 aliphatic carbocycles. The summed E-state index contributed by atoms with van der Waals surface area (Å²) < 4.78 is 1.54. The molecule has 0 aromatic carbocycles. The van der Waals surface area contributed by atoms with E-state index in [-0.39, 0.29) is 41.8 Å². The summed E-state index contributed by atoms with van der Waals surface area (Å²) in [5.41, 5.74) is 1.57. The fraction of sp³-hybridized carbons (Fsp3) is 0.400. The molecule has 27 heavy (non-hydrogen) atoms. The van der Waals surface area contributed by atoms with Crippen molar-refractivity contribution in [2.24, 2.45) is 0 Å². The number of carbonyl (C=O) groups excluding carboxylic acids is 1. The average molecular weight is 430 g/mol. The summed E-state index contributed by atoms with van der Waals surface area (Å²) in [6.07, 6.45) is 0.398. The fourth-order valence-electron chi connectivity index (χ4n) is 2.92. The molecule has 2 aromatic heterocycles. The highest BCUT2D eigenvalue weighted by Gasteiger charge is 2.45. The summed E-state index contributed by atoms with van der Waals surface area (Å²) in [6.45, 7) is 1.55. The molecule has 0 spiro atoms.